The summed E-state index contributed by atoms with van der Waals surface area (Å²) >= 11 is 0. The van der Waals surface area contributed by atoms with Crippen molar-refractivity contribution in [3.63, 3.8) is 0 Å². The first-order valence-corrected chi connectivity index (χ1v) is 7.22. The average molecular weight is 321 g/mol. The third kappa shape index (κ3) is 3.16. The van der Waals surface area contributed by atoms with Gasteiger partial charge in [-0.15, -0.1) is 0 Å². The fourth-order valence-electron chi connectivity index (χ4n) is 2.51. The number of hydrogen-bond acceptors (Lipinski definition) is 2. The molecule has 0 aromatic heterocycles. The first kappa shape index (κ1) is 15.4. The van der Waals surface area contributed by atoms with Crippen LogP contribution in [0.25, 0.3) is 0 Å². The summed E-state index contributed by atoms with van der Waals surface area (Å²) in [5, 5.41) is 2.50. The van der Waals surface area contributed by atoms with Crippen LogP contribution in [0.3, 0.4) is 0 Å². The molecule has 1 aliphatic rings. The molecule has 1 aliphatic heterocycles. The van der Waals surface area contributed by atoms with Crippen molar-refractivity contribution in [3.05, 3.63) is 64.5 Å². The number of ether oxygens (including phenoxy) is 1. The lowest BCUT2D eigenvalue weighted by atomic mass is 10.1. The molecule has 6 heteroatoms. The standard InChI is InChI=1S/C17H14F3NO2/c18-13-3-2-12(15(19)16(13)20)17(22)21-7-5-10-1-4-14-11(9-10)6-8-23-14/h1-4,9H,5-8H2,(H,21,22). The Balaban J connectivity index is 1.60. The molecule has 3 rings (SSSR count). The van der Waals surface area contributed by atoms with Crippen LogP contribution in [0.5, 0.6) is 5.75 Å². The summed E-state index contributed by atoms with van der Waals surface area (Å²) in [6, 6.07) is 7.44. The second-order valence-electron chi connectivity index (χ2n) is 5.27. The van der Waals surface area contributed by atoms with E-state index >= 15 is 0 Å². The Bertz CT molecular complexity index is 762. The maximum Gasteiger partial charge on any atom is 0.254 e. The topological polar surface area (TPSA) is 38.3 Å². The second-order valence-corrected chi connectivity index (χ2v) is 5.27. The minimum Gasteiger partial charge on any atom is -0.493 e. The summed E-state index contributed by atoms with van der Waals surface area (Å²) in [5.41, 5.74) is 1.63. The zero-order valence-electron chi connectivity index (χ0n) is 12.2. The van der Waals surface area contributed by atoms with Gasteiger partial charge in [-0.3, -0.25) is 4.79 Å². The first-order chi connectivity index (χ1) is 11.1. The number of fused-ring (bicyclic) bond motifs is 1. The van der Waals surface area contributed by atoms with Gasteiger partial charge < -0.3 is 10.1 Å². The van der Waals surface area contributed by atoms with E-state index in [4.69, 9.17) is 4.74 Å². The van der Waals surface area contributed by atoms with Gasteiger partial charge in [-0.1, -0.05) is 12.1 Å². The SMILES string of the molecule is O=C(NCCc1ccc2c(c1)CCO2)c1ccc(F)c(F)c1F. The molecular weight excluding hydrogens is 307 g/mol. The van der Waals surface area contributed by atoms with Gasteiger partial charge in [0.2, 0.25) is 0 Å². The molecule has 0 spiro atoms. The third-order valence-electron chi connectivity index (χ3n) is 3.73. The molecule has 0 aliphatic carbocycles. The highest BCUT2D eigenvalue weighted by atomic mass is 19.2. The van der Waals surface area contributed by atoms with E-state index < -0.39 is 28.9 Å². The highest BCUT2D eigenvalue weighted by molar-refractivity contribution is 5.94. The Labute approximate surface area is 131 Å². The van der Waals surface area contributed by atoms with Crippen molar-refractivity contribution in [2.24, 2.45) is 0 Å². The lowest BCUT2D eigenvalue weighted by Gasteiger charge is -2.08. The van der Waals surface area contributed by atoms with Gasteiger partial charge in [-0.05, 0) is 35.7 Å². The lowest BCUT2D eigenvalue weighted by molar-refractivity contribution is 0.0949. The van der Waals surface area contributed by atoms with E-state index in [-0.39, 0.29) is 6.54 Å². The summed E-state index contributed by atoms with van der Waals surface area (Å²) < 4.78 is 44.9. The van der Waals surface area contributed by atoms with Gasteiger partial charge in [0.05, 0.1) is 12.2 Å². The van der Waals surface area contributed by atoms with Crippen LogP contribution >= 0.6 is 0 Å². The van der Waals surface area contributed by atoms with Gasteiger partial charge in [0, 0.05) is 13.0 Å². The molecule has 0 fully saturated rings. The van der Waals surface area contributed by atoms with Crippen molar-refractivity contribution in [1.82, 2.24) is 5.32 Å². The van der Waals surface area contributed by atoms with Crippen LogP contribution in [-0.2, 0) is 12.8 Å². The van der Waals surface area contributed by atoms with Crippen LogP contribution in [0.4, 0.5) is 13.2 Å². The largest absolute Gasteiger partial charge is 0.493 e. The minimum absolute atomic E-state index is 0.261. The summed E-state index contributed by atoms with van der Waals surface area (Å²) in [4.78, 5) is 11.8. The summed E-state index contributed by atoms with van der Waals surface area (Å²) in [6.07, 6.45) is 1.40. The normalized spacial score (nSPS) is 12.7. The Morgan fingerprint density at radius 3 is 2.78 bits per heavy atom. The lowest BCUT2D eigenvalue weighted by Crippen LogP contribution is -2.27. The van der Waals surface area contributed by atoms with Gasteiger partial charge in [-0.25, -0.2) is 13.2 Å². The van der Waals surface area contributed by atoms with Gasteiger partial charge in [0.25, 0.3) is 5.91 Å². The number of benzene rings is 2. The van der Waals surface area contributed by atoms with Crippen LogP contribution in [0.15, 0.2) is 30.3 Å². The van der Waals surface area contributed by atoms with Crippen molar-refractivity contribution in [2.45, 2.75) is 12.8 Å². The molecular formula is C17H14F3NO2. The Kier molecular flexibility index (Phi) is 4.23. The van der Waals surface area contributed by atoms with Crippen LogP contribution in [-0.4, -0.2) is 19.1 Å². The van der Waals surface area contributed by atoms with E-state index in [1.54, 1.807) is 0 Å². The Morgan fingerprint density at radius 2 is 1.96 bits per heavy atom. The molecule has 120 valence electrons. The number of rotatable bonds is 4. The predicted octanol–water partition coefficient (Wildman–Crippen LogP) is 3.01. The molecule has 0 saturated heterocycles. The van der Waals surface area contributed by atoms with E-state index in [9.17, 15) is 18.0 Å². The van der Waals surface area contributed by atoms with Gasteiger partial charge >= 0.3 is 0 Å². The monoisotopic (exact) mass is 321 g/mol. The van der Waals surface area contributed by atoms with Gasteiger partial charge in [0.1, 0.15) is 5.75 Å². The molecule has 0 saturated carbocycles. The zero-order chi connectivity index (χ0) is 16.4. The third-order valence-corrected chi connectivity index (χ3v) is 3.73. The fraction of sp³-hybridized carbons (Fsp3) is 0.235. The smallest absolute Gasteiger partial charge is 0.254 e. The van der Waals surface area contributed by atoms with E-state index in [1.807, 2.05) is 18.2 Å². The van der Waals surface area contributed by atoms with E-state index in [2.05, 4.69) is 5.32 Å². The van der Waals surface area contributed by atoms with E-state index in [0.29, 0.717) is 13.0 Å². The molecule has 1 amide bonds. The molecule has 23 heavy (non-hydrogen) atoms. The molecule has 2 aromatic rings. The van der Waals surface area contributed by atoms with Crippen molar-refractivity contribution < 1.29 is 22.7 Å². The number of carbonyl (C=O) groups is 1. The van der Waals surface area contributed by atoms with Crippen molar-refractivity contribution in [2.75, 3.05) is 13.2 Å². The molecule has 0 radical (unpaired) electrons. The van der Waals surface area contributed by atoms with Crippen LogP contribution < -0.4 is 10.1 Å². The molecule has 0 atom stereocenters. The zero-order valence-corrected chi connectivity index (χ0v) is 12.2. The summed E-state index contributed by atoms with van der Waals surface area (Å²) in [7, 11) is 0. The fourth-order valence-corrected chi connectivity index (χ4v) is 2.51. The highest BCUT2D eigenvalue weighted by Gasteiger charge is 2.18. The second kappa shape index (κ2) is 6.32. The van der Waals surface area contributed by atoms with Crippen molar-refractivity contribution in [1.29, 1.82) is 0 Å². The van der Waals surface area contributed by atoms with Gasteiger partial charge in [-0.2, -0.15) is 0 Å². The predicted molar refractivity (Wildman–Crippen MR) is 78.0 cm³/mol. The van der Waals surface area contributed by atoms with E-state index in [1.165, 1.54) is 0 Å². The van der Waals surface area contributed by atoms with E-state index in [0.717, 1.165) is 35.4 Å². The molecule has 2 aromatic carbocycles. The number of nitrogens with one attached hydrogen (secondary N) is 1. The minimum atomic E-state index is -1.64. The quantitative estimate of drug-likeness (QED) is 0.879. The number of hydrogen-bond donors (Lipinski definition) is 1. The number of carbonyl (C=O) groups excluding carboxylic acids is 1. The molecule has 1 heterocycles. The summed E-state index contributed by atoms with van der Waals surface area (Å²) in [5.74, 6) is -4.33. The highest BCUT2D eigenvalue weighted by Crippen LogP contribution is 2.25. The molecule has 3 nitrogen and oxygen atoms in total. The maximum atomic E-state index is 13.5. The molecule has 1 N–H and O–H groups in total. The van der Waals surface area contributed by atoms with Crippen molar-refractivity contribution in [3.8, 4) is 5.75 Å². The average Bonchev–Trinajstić information content (AvgIpc) is 3.00. The molecule has 0 unspecified atom stereocenters. The maximum absolute atomic E-state index is 13.5. The van der Waals surface area contributed by atoms with Crippen molar-refractivity contribution >= 4 is 5.91 Å². The molecule has 0 bridgehead atoms. The number of halogens is 3. The Hall–Kier alpha value is -2.50. The van der Waals surface area contributed by atoms with Crippen LogP contribution in [0.2, 0.25) is 0 Å². The van der Waals surface area contributed by atoms with Crippen LogP contribution in [0.1, 0.15) is 21.5 Å². The Morgan fingerprint density at radius 1 is 1.13 bits per heavy atom. The first-order valence-electron chi connectivity index (χ1n) is 7.22. The van der Waals surface area contributed by atoms with Crippen LogP contribution in [0, 0.1) is 17.5 Å². The summed E-state index contributed by atoms with van der Waals surface area (Å²) in [6.45, 7) is 0.932. The van der Waals surface area contributed by atoms with Gasteiger partial charge in [0.15, 0.2) is 17.5 Å². The number of amides is 1.